The van der Waals surface area contributed by atoms with E-state index in [1.165, 1.54) is 0 Å². The van der Waals surface area contributed by atoms with Crippen LogP contribution in [0, 0.1) is 0 Å². The van der Waals surface area contributed by atoms with Gasteiger partial charge in [-0.25, -0.2) is 0 Å². The lowest BCUT2D eigenvalue weighted by Gasteiger charge is -2.11. The van der Waals surface area contributed by atoms with Gasteiger partial charge in [0.25, 0.3) is 5.91 Å². The minimum atomic E-state index is -0.415. The van der Waals surface area contributed by atoms with Crippen molar-refractivity contribution >= 4 is 72.4 Å². The van der Waals surface area contributed by atoms with Crippen molar-refractivity contribution in [1.82, 2.24) is 16.2 Å². The minimum absolute atomic E-state index is 0.0108. The van der Waals surface area contributed by atoms with Crippen molar-refractivity contribution in [3.05, 3.63) is 27.1 Å². The van der Waals surface area contributed by atoms with Crippen molar-refractivity contribution in [2.75, 3.05) is 6.61 Å². The Bertz CT molecular complexity index is 542. The van der Waals surface area contributed by atoms with Crippen molar-refractivity contribution in [3.63, 3.8) is 0 Å². The summed E-state index contributed by atoms with van der Waals surface area (Å²) in [5.41, 5.74) is 10.0. The van der Waals surface area contributed by atoms with E-state index in [0.29, 0.717) is 5.75 Å². The SMILES string of the molecule is NC(=S)NNC(=S)NC(=O)COc1ccc(Br)cc1Br. The molecule has 0 bridgehead atoms. The van der Waals surface area contributed by atoms with Crippen molar-refractivity contribution in [2.24, 2.45) is 5.73 Å². The number of rotatable bonds is 3. The predicted octanol–water partition coefficient (Wildman–Crippen LogP) is 1.33. The third-order valence-electron chi connectivity index (χ3n) is 1.80. The maximum atomic E-state index is 11.6. The molecule has 0 aliphatic rings. The average Bonchev–Trinajstić information content (AvgIpc) is 2.35. The van der Waals surface area contributed by atoms with Gasteiger partial charge in [0, 0.05) is 4.47 Å². The number of carbonyl (C=O) groups excluding carboxylic acids is 1. The van der Waals surface area contributed by atoms with Crippen LogP contribution in [0.25, 0.3) is 0 Å². The molecule has 0 spiro atoms. The first-order valence-corrected chi connectivity index (χ1v) is 7.52. The van der Waals surface area contributed by atoms with Crippen LogP contribution in [0.15, 0.2) is 27.1 Å². The monoisotopic (exact) mass is 440 g/mol. The highest BCUT2D eigenvalue weighted by molar-refractivity contribution is 9.11. The van der Waals surface area contributed by atoms with Crippen LogP contribution in [0.2, 0.25) is 0 Å². The zero-order chi connectivity index (χ0) is 15.1. The van der Waals surface area contributed by atoms with Crippen LogP contribution >= 0.6 is 56.3 Å². The molecule has 10 heteroatoms. The molecule has 1 aromatic carbocycles. The number of benzene rings is 1. The minimum Gasteiger partial charge on any atom is -0.483 e. The van der Waals surface area contributed by atoms with Crippen LogP contribution in [0.4, 0.5) is 0 Å². The van der Waals surface area contributed by atoms with Crippen LogP contribution in [-0.2, 0) is 4.79 Å². The summed E-state index contributed by atoms with van der Waals surface area (Å²) in [5.74, 6) is 0.130. The number of halogens is 2. The summed E-state index contributed by atoms with van der Waals surface area (Å²) in [6.07, 6.45) is 0. The van der Waals surface area contributed by atoms with E-state index in [2.05, 4.69) is 60.2 Å². The normalized spacial score (nSPS) is 9.50. The Morgan fingerprint density at radius 1 is 1.30 bits per heavy atom. The van der Waals surface area contributed by atoms with E-state index in [-0.39, 0.29) is 16.8 Å². The van der Waals surface area contributed by atoms with Crippen LogP contribution < -0.4 is 26.6 Å². The number of hydrogen-bond donors (Lipinski definition) is 4. The highest BCUT2D eigenvalue weighted by Gasteiger charge is 2.07. The summed E-state index contributed by atoms with van der Waals surface area (Å²) in [6.45, 7) is -0.185. The van der Waals surface area contributed by atoms with E-state index < -0.39 is 5.91 Å². The fourth-order valence-corrected chi connectivity index (χ4v) is 2.43. The number of nitrogens with two attached hydrogens (primary N) is 1. The van der Waals surface area contributed by atoms with E-state index in [1.54, 1.807) is 12.1 Å². The van der Waals surface area contributed by atoms with Gasteiger partial charge in [-0.3, -0.25) is 21.0 Å². The zero-order valence-corrected chi connectivity index (χ0v) is 14.7. The van der Waals surface area contributed by atoms with E-state index in [1.807, 2.05) is 6.07 Å². The molecular formula is C10H10Br2N4O2S2. The van der Waals surface area contributed by atoms with Gasteiger partial charge in [0.15, 0.2) is 16.8 Å². The lowest BCUT2D eigenvalue weighted by molar-refractivity contribution is -0.121. The number of nitrogens with one attached hydrogen (secondary N) is 3. The van der Waals surface area contributed by atoms with Crippen molar-refractivity contribution in [3.8, 4) is 5.75 Å². The third-order valence-corrected chi connectivity index (χ3v) is 3.22. The summed E-state index contributed by atoms with van der Waals surface area (Å²) >= 11 is 16.0. The van der Waals surface area contributed by atoms with E-state index >= 15 is 0 Å². The topological polar surface area (TPSA) is 88.4 Å². The molecule has 0 aliphatic carbocycles. The van der Waals surface area contributed by atoms with E-state index in [0.717, 1.165) is 8.95 Å². The highest BCUT2D eigenvalue weighted by Crippen LogP contribution is 2.27. The number of hydrogen-bond acceptors (Lipinski definition) is 4. The molecule has 0 unspecified atom stereocenters. The Kier molecular flexibility index (Phi) is 7.13. The quantitative estimate of drug-likeness (QED) is 0.415. The molecule has 1 rings (SSSR count). The van der Waals surface area contributed by atoms with E-state index in [4.69, 9.17) is 22.7 Å². The second-order valence-corrected chi connectivity index (χ2v) is 5.97. The van der Waals surface area contributed by atoms with Crippen LogP contribution in [0.1, 0.15) is 0 Å². The van der Waals surface area contributed by atoms with E-state index in [9.17, 15) is 4.79 Å². The molecule has 0 aromatic heterocycles. The highest BCUT2D eigenvalue weighted by atomic mass is 79.9. The molecule has 0 radical (unpaired) electrons. The predicted molar refractivity (Wildman–Crippen MR) is 91.1 cm³/mol. The van der Waals surface area contributed by atoms with Gasteiger partial charge in [0.2, 0.25) is 0 Å². The zero-order valence-electron chi connectivity index (χ0n) is 9.91. The van der Waals surface area contributed by atoms with Crippen molar-refractivity contribution in [2.45, 2.75) is 0 Å². The Morgan fingerprint density at radius 2 is 2.00 bits per heavy atom. The summed E-state index contributed by atoms with van der Waals surface area (Å²) in [5, 5.41) is 2.44. The number of carbonyl (C=O) groups is 1. The van der Waals surface area contributed by atoms with Crippen molar-refractivity contribution in [1.29, 1.82) is 0 Å². The van der Waals surface area contributed by atoms with Crippen LogP contribution in [-0.4, -0.2) is 22.7 Å². The fourth-order valence-electron chi connectivity index (χ4n) is 1.05. The maximum Gasteiger partial charge on any atom is 0.264 e. The van der Waals surface area contributed by atoms with Gasteiger partial charge in [-0.1, -0.05) is 15.9 Å². The number of hydrazine groups is 1. The Morgan fingerprint density at radius 3 is 2.60 bits per heavy atom. The van der Waals surface area contributed by atoms with Gasteiger partial charge in [0.05, 0.1) is 4.47 Å². The average molecular weight is 442 g/mol. The molecule has 1 amide bonds. The van der Waals surface area contributed by atoms with Gasteiger partial charge in [-0.2, -0.15) is 0 Å². The lowest BCUT2D eigenvalue weighted by Crippen LogP contribution is -2.50. The number of amides is 1. The fraction of sp³-hybridized carbons (Fsp3) is 0.100. The van der Waals surface area contributed by atoms with Crippen molar-refractivity contribution < 1.29 is 9.53 Å². The molecule has 20 heavy (non-hydrogen) atoms. The van der Waals surface area contributed by atoms with Gasteiger partial charge in [-0.15, -0.1) is 0 Å². The molecule has 0 saturated carbocycles. The molecule has 5 N–H and O–H groups in total. The Balaban J connectivity index is 2.39. The molecule has 6 nitrogen and oxygen atoms in total. The standard InChI is InChI=1S/C10H10Br2N4O2S2/c11-5-1-2-7(6(12)3-5)18-4-8(17)14-10(20)16-15-9(13)19/h1-3H,4H2,(H3,13,15,19)(H2,14,16,17,20). The number of ether oxygens (including phenoxy) is 1. The molecule has 1 aromatic rings. The maximum absolute atomic E-state index is 11.6. The second kappa shape index (κ2) is 8.35. The second-order valence-electron chi connectivity index (χ2n) is 3.35. The van der Waals surface area contributed by atoms with Crippen LogP contribution in [0.5, 0.6) is 5.75 Å². The molecule has 0 fully saturated rings. The summed E-state index contributed by atoms with van der Waals surface area (Å²) in [4.78, 5) is 11.6. The molecule has 0 saturated heterocycles. The molecule has 0 atom stereocenters. The number of thiocarbonyl (C=S) groups is 2. The first kappa shape index (κ1) is 17.1. The molecular weight excluding hydrogens is 432 g/mol. The smallest absolute Gasteiger partial charge is 0.264 e. The van der Waals surface area contributed by atoms with Gasteiger partial charge in [-0.05, 0) is 58.6 Å². The Labute approximate surface area is 143 Å². The van der Waals surface area contributed by atoms with Gasteiger partial charge < -0.3 is 10.5 Å². The Hall–Kier alpha value is -0.970. The summed E-state index contributed by atoms with van der Waals surface area (Å²) < 4.78 is 6.97. The molecule has 0 heterocycles. The van der Waals surface area contributed by atoms with Crippen LogP contribution in [0.3, 0.4) is 0 Å². The van der Waals surface area contributed by atoms with Gasteiger partial charge in [0.1, 0.15) is 5.75 Å². The first-order valence-electron chi connectivity index (χ1n) is 5.11. The largest absolute Gasteiger partial charge is 0.483 e. The summed E-state index contributed by atoms with van der Waals surface area (Å²) in [7, 11) is 0. The first-order chi connectivity index (χ1) is 9.38. The third kappa shape index (κ3) is 6.46. The summed E-state index contributed by atoms with van der Waals surface area (Å²) in [6, 6.07) is 5.34. The lowest BCUT2D eigenvalue weighted by atomic mass is 10.3. The molecule has 0 aliphatic heterocycles. The molecule has 108 valence electrons. The van der Waals surface area contributed by atoms with Gasteiger partial charge >= 0.3 is 0 Å².